The summed E-state index contributed by atoms with van der Waals surface area (Å²) in [4.78, 5) is 9.98. The van der Waals surface area contributed by atoms with Gasteiger partial charge in [-0.1, -0.05) is 6.07 Å². The number of benzene rings is 2. The van der Waals surface area contributed by atoms with Crippen LogP contribution in [-0.2, 0) is 6.18 Å². The lowest BCUT2D eigenvalue weighted by Gasteiger charge is -2.12. The Balaban J connectivity index is 2.28. The van der Waals surface area contributed by atoms with Crippen LogP contribution >= 0.6 is 0 Å². The topological polar surface area (TPSA) is 81.2 Å². The van der Waals surface area contributed by atoms with Crippen LogP contribution in [0.1, 0.15) is 5.56 Å². The van der Waals surface area contributed by atoms with Gasteiger partial charge in [-0.25, -0.2) is 0 Å². The number of non-ortho nitro benzene ring substituents is 1. The van der Waals surface area contributed by atoms with E-state index in [0.29, 0.717) is 5.69 Å². The molecule has 0 aliphatic rings. The molecule has 0 spiro atoms. The van der Waals surface area contributed by atoms with E-state index in [9.17, 15) is 23.3 Å². The van der Waals surface area contributed by atoms with Crippen molar-refractivity contribution in [1.29, 1.82) is 0 Å². The number of nitrogen functional groups attached to an aromatic ring is 1. The molecule has 0 saturated carbocycles. The molecule has 110 valence electrons. The Labute approximate surface area is 117 Å². The van der Waals surface area contributed by atoms with E-state index in [1.54, 1.807) is 0 Å². The van der Waals surface area contributed by atoms with Gasteiger partial charge in [-0.3, -0.25) is 10.1 Å². The molecule has 0 aliphatic carbocycles. The van der Waals surface area contributed by atoms with Crippen molar-refractivity contribution >= 4 is 22.7 Å². The summed E-state index contributed by atoms with van der Waals surface area (Å²) < 4.78 is 37.8. The monoisotopic (exact) mass is 297 g/mol. The Kier molecular flexibility index (Phi) is 3.70. The molecular weight excluding hydrogens is 287 g/mol. The molecule has 0 unspecified atom stereocenters. The van der Waals surface area contributed by atoms with Crippen molar-refractivity contribution in [3.8, 4) is 0 Å². The number of nitro benzene ring substituents is 1. The van der Waals surface area contributed by atoms with Crippen LogP contribution in [0.3, 0.4) is 0 Å². The second-order valence-electron chi connectivity index (χ2n) is 4.23. The van der Waals surface area contributed by atoms with Crippen LogP contribution in [0.2, 0.25) is 0 Å². The highest BCUT2D eigenvalue weighted by atomic mass is 19.4. The van der Waals surface area contributed by atoms with Gasteiger partial charge in [-0.15, -0.1) is 0 Å². The number of alkyl halides is 3. The van der Waals surface area contributed by atoms with E-state index in [1.165, 1.54) is 24.3 Å². The number of nitro groups is 1. The van der Waals surface area contributed by atoms with E-state index in [4.69, 9.17) is 5.73 Å². The number of anilines is 3. The summed E-state index contributed by atoms with van der Waals surface area (Å²) >= 11 is 0. The number of halogens is 3. The van der Waals surface area contributed by atoms with Gasteiger partial charge in [-0.05, 0) is 24.3 Å². The van der Waals surface area contributed by atoms with Crippen LogP contribution in [0, 0.1) is 10.1 Å². The molecule has 5 nitrogen and oxygen atoms in total. The predicted molar refractivity (Wildman–Crippen MR) is 72.2 cm³/mol. The van der Waals surface area contributed by atoms with Gasteiger partial charge in [0.2, 0.25) is 0 Å². The molecule has 0 saturated heterocycles. The van der Waals surface area contributed by atoms with Gasteiger partial charge in [0.05, 0.1) is 21.9 Å². The number of rotatable bonds is 3. The lowest BCUT2D eigenvalue weighted by molar-refractivity contribution is -0.384. The minimum Gasteiger partial charge on any atom is -0.397 e. The molecule has 8 heteroatoms. The average Bonchev–Trinajstić information content (AvgIpc) is 2.40. The van der Waals surface area contributed by atoms with Crippen LogP contribution in [-0.4, -0.2) is 4.92 Å². The van der Waals surface area contributed by atoms with Crippen molar-refractivity contribution in [2.45, 2.75) is 6.18 Å². The SMILES string of the molecule is Nc1cc([N+](=O)[O-])ccc1Nc1cccc(C(F)(F)F)c1. The fourth-order valence-corrected chi connectivity index (χ4v) is 1.71. The van der Waals surface area contributed by atoms with E-state index < -0.39 is 16.7 Å². The molecular formula is C13H10F3N3O2. The molecule has 2 aromatic rings. The molecule has 0 atom stereocenters. The van der Waals surface area contributed by atoms with Gasteiger partial charge >= 0.3 is 6.18 Å². The number of nitrogens with zero attached hydrogens (tertiary/aromatic N) is 1. The summed E-state index contributed by atoms with van der Waals surface area (Å²) in [6.07, 6.45) is -4.45. The first-order valence-electron chi connectivity index (χ1n) is 5.75. The Morgan fingerprint density at radius 2 is 1.86 bits per heavy atom. The van der Waals surface area contributed by atoms with Crippen molar-refractivity contribution in [3.63, 3.8) is 0 Å². The van der Waals surface area contributed by atoms with Crippen LogP contribution in [0.5, 0.6) is 0 Å². The van der Waals surface area contributed by atoms with Crippen LogP contribution in [0.15, 0.2) is 42.5 Å². The average molecular weight is 297 g/mol. The molecule has 2 aromatic carbocycles. The summed E-state index contributed by atoms with van der Waals surface area (Å²) in [6, 6.07) is 8.27. The number of hydrogen-bond donors (Lipinski definition) is 2. The fourth-order valence-electron chi connectivity index (χ4n) is 1.71. The highest BCUT2D eigenvalue weighted by Gasteiger charge is 2.30. The van der Waals surface area contributed by atoms with Crippen molar-refractivity contribution < 1.29 is 18.1 Å². The summed E-state index contributed by atoms with van der Waals surface area (Å²) in [5.74, 6) is 0. The van der Waals surface area contributed by atoms with Gasteiger partial charge in [0.1, 0.15) is 0 Å². The Morgan fingerprint density at radius 1 is 1.14 bits per heavy atom. The molecule has 21 heavy (non-hydrogen) atoms. The number of hydrogen-bond acceptors (Lipinski definition) is 4. The minimum absolute atomic E-state index is 0.0709. The van der Waals surface area contributed by atoms with E-state index in [2.05, 4.69) is 5.32 Å². The molecule has 0 amide bonds. The zero-order valence-corrected chi connectivity index (χ0v) is 10.5. The summed E-state index contributed by atoms with van der Waals surface area (Å²) in [5, 5.41) is 13.3. The van der Waals surface area contributed by atoms with Crippen molar-refractivity contribution in [2.24, 2.45) is 0 Å². The Hall–Kier alpha value is -2.77. The Morgan fingerprint density at radius 3 is 2.43 bits per heavy atom. The standard InChI is InChI=1S/C13H10F3N3O2/c14-13(15,16)8-2-1-3-9(6-8)18-12-5-4-10(19(20)21)7-11(12)17/h1-7,18H,17H2. The van der Waals surface area contributed by atoms with E-state index in [-0.39, 0.29) is 17.1 Å². The van der Waals surface area contributed by atoms with Crippen LogP contribution in [0.4, 0.5) is 35.9 Å². The van der Waals surface area contributed by atoms with Crippen molar-refractivity contribution in [2.75, 3.05) is 11.1 Å². The van der Waals surface area contributed by atoms with Gasteiger partial charge in [0.15, 0.2) is 0 Å². The number of nitrogens with one attached hydrogen (secondary N) is 1. The zero-order valence-electron chi connectivity index (χ0n) is 10.5. The highest BCUT2D eigenvalue weighted by molar-refractivity contribution is 5.74. The molecule has 0 bridgehead atoms. The van der Waals surface area contributed by atoms with E-state index >= 15 is 0 Å². The van der Waals surface area contributed by atoms with Crippen molar-refractivity contribution in [3.05, 3.63) is 58.1 Å². The largest absolute Gasteiger partial charge is 0.416 e. The summed E-state index contributed by atoms with van der Waals surface area (Å²) in [6.45, 7) is 0. The molecule has 2 rings (SSSR count). The second-order valence-corrected chi connectivity index (χ2v) is 4.23. The van der Waals surface area contributed by atoms with Gasteiger partial charge in [0, 0.05) is 17.8 Å². The van der Waals surface area contributed by atoms with Crippen LogP contribution in [0.25, 0.3) is 0 Å². The first-order chi connectivity index (χ1) is 9.77. The zero-order chi connectivity index (χ0) is 15.6. The van der Waals surface area contributed by atoms with Crippen LogP contribution < -0.4 is 11.1 Å². The van der Waals surface area contributed by atoms with Gasteiger partial charge in [0.25, 0.3) is 5.69 Å². The lowest BCUT2D eigenvalue weighted by atomic mass is 10.2. The Bertz CT molecular complexity index is 687. The maximum atomic E-state index is 12.6. The van der Waals surface area contributed by atoms with Gasteiger partial charge < -0.3 is 11.1 Å². The lowest BCUT2D eigenvalue weighted by Crippen LogP contribution is -2.05. The minimum atomic E-state index is -4.45. The molecule has 0 fully saturated rings. The third kappa shape index (κ3) is 3.41. The maximum absolute atomic E-state index is 12.6. The second kappa shape index (κ2) is 5.31. The highest BCUT2D eigenvalue weighted by Crippen LogP contribution is 2.32. The summed E-state index contributed by atoms with van der Waals surface area (Å²) in [5.41, 5.74) is 5.20. The number of nitrogens with two attached hydrogens (primary N) is 1. The third-order valence-electron chi connectivity index (χ3n) is 2.71. The van der Waals surface area contributed by atoms with E-state index in [1.807, 2.05) is 0 Å². The van der Waals surface area contributed by atoms with Gasteiger partial charge in [-0.2, -0.15) is 13.2 Å². The maximum Gasteiger partial charge on any atom is 0.416 e. The molecule has 0 aromatic heterocycles. The fraction of sp³-hybridized carbons (Fsp3) is 0.0769. The summed E-state index contributed by atoms with van der Waals surface area (Å²) in [7, 11) is 0. The smallest absolute Gasteiger partial charge is 0.397 e. The predicted octanol–water partition coefficient (Wildman–Crippen LogP) is 3.94. The van der Waals surface area contributed by atoms with E-state index in [0.717, 1.165) is 18.2 Å². The third-order valence-corrected chi connectivity index (χ3v) is 2.71. The normalized spacial score (nSPS) is 11.2. The first-order valence-corrected chi connectivity index (χ1v) is 5.75. The molecule has 0 aliphatic heterocycles. The quantitative estimate of drug-likeness (QED) is 0.511. The van der Waals surface area contributed by atoms with Crippen molar-refractivity contribution in [1.82, 2.24) is 0 Å². The molecule has 3 N–H and O–H groups in total. The molecule has 0 radical (unpaired) electrons. The molecule has 0 heterocycles. The first kappa shape index (κ1) is 14.6.